The van der Waals surface area contributed by atoms with E-state index in [1.807, 2.05) is 19.5 Å². The summed E-state index contributed by atoms with van der Waals surface area (Å²) >= 11 is 1.65. The van der Waals surface area contributed by atoms with Crippen LogP contribution in [0.5, 0.6) is 0 Å². The predicted molar refractivity (Wildman–Crippen MR) is 72.8 cm³/mol. The SMILES string of the molecule is Cc1ncsc1CN(C)Cc1ccc(F)cc1N. The summed E-state index contributed by atoms with van der Waals surface area (Å²) in [7, 11) is 2.02. The van der Waals surface area contributed by atoms with Crippen LogP contribution in [0.2, 0.25) is 0 Å². The van der Waals surface area contributed by atoms with E-state index < -0.39 is 0 Å². The van der Waals surface area contributed by atoms with Gasteiger partial charge in [-0.25, -0.2) is 9.37 Å². The van der Waals surface area contributed by atoms with Crippen LogP contribution < -0.4 is 5.73 Å². The van der Waals surface area contributed by atoms with Crippen molar-refractivity contribution in [2.24, 2.45) is 0 Å². The zero-order valence-electron chi connectivity index (χ0n) is 10.5. The minimum atomic E-state index is -0.294. The number of aryl methyl sites for hydroxylation is 1. The lowest BCUT2D eigenvalue weighted by Gasteiger charge is -2.17. The fourth-order valence-corrected chi connectivity index (χ4v) is 2.64. The van der Waals surface area contributed by atoms with Crippen molar-refractivity contribution in [3.8, 4) is 0 Å². The third-order valence-electron chi connectivity index (χ3n) is 2.81. The van der Waals surface area contributed by atoms with Gasteiger partial charge < -0.3 is 5.73 Å². The second-order valence-electron chi connectivity index (χ2n) is 4.38. The summed E-state index contributed by atoms with van der Waals surface area (Å²) in [6.45, 7) is 3.53. The normalized spacial score (nSPS) is 11.1. The minimum absolute atomic E-state index is 0.294. The van der Waals surface area contributed by atoms with E-state index in [1.165, 1.54) is 17.0 Å². The number of rotatable bonds is 4. The molecule has 0 saturated carbocycles. The van der Waals surface area contributed by atoms with Crippen molar-refractivity contribution in [3.05, 3.63) is 45.7 Å². The van der Waals surface area contributed by atoms with Gasteiger partial charge in [0, 0.05) is 23.7 Å². The second-order valence-corrected chi connectivity index (χ2v) is 5.32. The van der Waals surface area contributed by atoms with Crippen molar-refractivity contribution in [3.63, 3.8) is 0 Å². The quantitative estimate of drug-likeness (QED) is 0.864. The molecule has 18 heavy (non-hydrogen) atoms. The van der Waals surface area contributed by atoms with E-state index in [1.54, 1.807) is 17.4 Å². The zero-order valence-corrected chi connectivity index (χ0v) is 11.3. The first-order valence-electron chi connectivity index (χ1n) is 5.67. The molecule has 0 fully saturated rings. The largest absolute Gasteiger partial charge is 0.398 e. The molecule has 0 aliphatic heterocycles. The van der Waals surface area contributed by atoms with E-state index in [2.05, 4.69) is 9.88 Å². The Morgan fingerprint density at radius 3 is 2.78 bits per heavy atom. The summed E-state index contributed by atoms with van der Waals surface area (Å²) in [6, 6.07) is 4.54. The van der Waals surface area contributed by atoms with Gasteiger partial charge in [-0.3, -0.25) is 4.90 Å². The van der Waals surface area contributed by atoms with Gasteiger partial charge in [-0.05, 0) is 31.7 Å². The number of hydrogen-bond acceptors (Lipinski definition) is 4. The Hall–Kier alpha value is -1.46. The molecule has 1 aromatic carbocycles. The standard InChI is InChI=1S/C13H16FN3S/c1-9-13(18-8-16-9)7-17(2)6-10-3-4-11(14)5-12(10)15/h3-5,8H,6-7,15H2,1-2H3. The summed E-state index contributed by atoms with van der Waals surface area (Å²) in [5, 5.41) is 0. The van der Waals surface area contributed by atoms with Crippen LogP contribution in [0.3, 0.4) is 0 Å². The van der Waals surface area contributed by atoms with Gasteiger partial charge >= 0.3 is 0 Å². The van der Waals surface area contributed by atoms with Gasteiger partial charge in [-0.15, -0.1) is 11.3 Å². The number of nitrogens with zero attached hydrogens (tertiary/aromatic N) is 2. The van der Waals surface area contributed by atoms with Crippen molar-refractivity contribution in [2.45, 2.75) is 20.0 Å². The highest BCUT2D eigenvalue weighted by molar-refractivity contribution is 7.09. The van der Waals surface area contributed by atoms with Crippen molar-refractivity contribution >= 4 is 17.0 Å². The highest BCUT2D eigenvalue weighted by atomic mass is 32.1. The van der Waals surface area contributed by atoms with Gasteiger partial charge in [0.2, 0.25) is 0 Å². The smallest absolute Gasteiger partial charge is 0.125 e. The van der Waals surface area contributed by atoms with Crippen molar-refractivity contribution < 1.29 is 4.39 Å². The molecule has 0 saturated heterocycles. The Bertz CT molecular complexity index is 539. The summed E-state index contributed by atoms with van der Waals surface area (Å²) in [4.78, 5) is 7.61. The third kappa shape index (κ3) is 3.05. The Balaban J connectivity index is 2.03. The molecule has 0 aliphatic rings. The first kappa shape index (κ1) is 13.0. The van der Waals surface area contributed by atoms with Crippen LogP contribution in [-0.2, 0) is 13.1 Å². The molecule has 0 aliphatic carbocycles. The topological polar surface area (TPSA) is 42.2 Å². The Morgan fingerprint density at radius 2 is 2.17 bits per heavy atom. The van der Waals surface area contributed by atoms with Crippen LogP contribution in [0.4, 0.5) is 10.1 Å². The van der Waals surface area contributed by atoms with E-state index in [4.69, 9.17) is 5.73 Å². The highest BCUT2D eigenvalue weighted by Gasteiger charge is 2.08. The Kier molecular flexibility index (Phi) is 3.93. The molecule has 2 rings (SSSR count). The fourth-order valence-electron chi connectivity index (χ4n) is 1.78. The van der Waals surface area contributed by atoms with E-state index in [9.17, 15) is 4.39 Å². The average molecular weight is 265 g/mol. The van der Waals surface area contributed by atoms with E-state index >= 15 is 0 Å². The van der Waals surface area contributed by atoms with Gasteiger partial charge in [0.15, 0.2) is 0 Å². The van der Waals surface area contributed by atoms with E-state index in [-0.39, 0.29) is 5.82 Å². The third-order valence-corrected chi connectivity index (χ3v) is 3.73. The molecule has 0 unspecified atom stereocenters. The van der Waals surface area contributed by atoms with Gasteiger partial charge in [-0.2, -0.15) is 0 Å². The molecule has 1 heterocycles. The maximum Gasteiger partial charge on any atom is 0.125 e. The predicted octanol–water partition coefficient (Wildman–Crippen LogP) is 2.80. The molecule has 5 heteroatoms. The van der Waals surface area contributed by atoms with Crippen LogP contribution in [0.15, 0.2) is 23.7 Å². The molecule has 0 atom stereocenters. The second kappa shape index (κ2) is 5.46. The molecular formula is C13H16FN3S. The molecular weight excluding hydrogens is 249 g/mol. The molecule has 2 aromatic rings. The van der Waals surface area contributed by atoms with Gasteiger partial charge in [0.25, 0.3) is 0 Å². The van der Waals surface area contributed by atoms with E-state index in [0.29, 0.717) is 12.2 Å². The molecule has 1 aromatic heterocycles. The number of nitrogen functional groups attached to an aromatic ring is 1. The number of hydrogen-bond donors (Lipinski definition) is 1. The first-order chi connectivity index (χ1) is 8.56. The number of halogens is 1. The van der Waals surface area contributed by atoms with Gasteiger partial charge in [-0.1, -0.05) is 6.07 Å². The maximum absolute atomic E-state index is 12.9. The molecule has 0 bridgehead atoms. The van der Waals surface area contributed by atoms with Crippen molar-refractivity contribution in [1.82, 2.24) is 9.88 Å². The number of thiazole rings is 1. The molecule has 0 radical (unpaired) electrons. The summed E-state index contributed by atoms with van der Waals surface area (Å²) in [6.07, 6.45) is 0. The molecule has 3 nitrogen and oxygen atoms in total. The molecule has 0 spiro atoms. The number of aromatic nitrogens is 1. The lowest BCUT2D eigenvalue weighted by molar-refractivity contribution is 0.321. The summed E-state index contributed by atoms with van der Waals surface area (Å²) < 4.78 is 12.9. The van der Waals surface area contributed by atoms with Gasteiger partial charge in [0.1, 0.15) is 5.82 Å². The number of nitrogens with two attached hydrogens (primary N) is 1. The van der Waals surface area contributed by atoms with Crippen LogP contribution in [0.1, 0.15) is 16.1 Å². The summed E-state index contributed by atoms with van der Waals surface area (Å²) in [5.74, 6) is -0.294. The van der Waals surface area contributed by atoms with Crippen molar-refractivity contribution in [2.75, 3.05) is 12.8 Å². The average Bonchev–Trinajstić information content (AvgIpc) is 2.69. The minimum Gasteiger partial charge on any atom is -0.398 e. The zero-order chi connectivity index (χ0) is 13.1. The Labute approximate surface area is 110 Å². The van der Waals surface area contributed by atoms with E-state index in [0.717, 1.165) is 17.8 Å². The van der Waals surface area contributed by atoms with Crippen LogP contribution in [-0.4, -0.2) is 16.9 Å². The summed E-state index contributed by atoms with van der Waals surface area (Å²) in [5.41, 5.74) is 10.2. The molecule has 0 amide bonds. The van der Waals surface area contributed by atoms with Crippen molar-refractivity contribution in [1.29, 1.82) is 0 Å². The monoisotopic (exact) mass is 265 g/mol. The molecule has 96 valence electrons. The first-order valence-corrected chi connectivity index (χ1v) is 6.55. The lowest BCUT2D eigenvalue weighted by atomic mass is 10.1. The highest BCUT2D eigenvalue weighted by Crippen LogP contribution is 2.18. The fraction of sp³-hybridized carbons (Fsp3) is 0.308. The van der Waals surface area contributed by atoms with Crippen LogP contribution in [0.25, 0.3) is 0 Å². The molecule has 2 N–H and O–H groups in total. The van der Waals surface area contributed by atoms with Gasteiger partial charge in [0.05, 0.1) is 11.2 Å². The maximum atomic E-state index is 12.9. The lowest BCUT2D eigenvalue weighted by Crippen LogP contribution is -2.18. The van der Waals surface area contributed by atoms with Crippen LogP contribution >= 0.6 is 11.3 Å². The number of anilines is 1. The van der Waals surface area contributed by atoms with Crippen LogP contribution in [0, 0.1) is 12.7 Å². The Morgan fingerprint density at radius 1 is 1.39 bits per heavy atom. The number of benzene rings is 1.